The first kappa shape index (κ1) is 8.84. The SMILES string of the molecule is c1ccc2c(c1)ccn2OC1CCCC1. The summed E-state index contributed by atoms with van der Waals surface area (Å²) in [6.07, 6.45) is 7.45. The summed E-state index contributed by atoms with van der Waals surface area (Å²) >= 11 is 0. The Bertz CT molecular complexity index is 454. The highest BCUT2D eigenvalue weighted by Gasteiger charge is 2.17. The predicted molar refractivity (Wildman–Crippen MR) is 60.8 cm³/mol. The van der Waals surface area contributed by atoms with Gasteiger partial charge in [0.1, 0.15) is 6.10 Å². The minimum Gasteiger partial charge on any atom is -0.411 e. The van der Waals surface area contributed by atoms with Crippen LogP contribution in [0.2, 0.25) is 0 Å². The van der Waals surface area contributed by atoms with Crippen LogP contribution in [0.1, 0.15) is 25.7 Å². The van der Waals surface area contributed by atoms with E-state index in [1.54, 1.807) is 0 Å². The summed E-state index contributed by atoms with van der Waals surface area (Å²) in [7, 11) is 0. The van der Waals surface area contributed by atoms with Crippen molar-refractivity contribution in [1.82, 2.24) is 4.73 Å². The molecule has 2 aromatic rings. The average Bonchev–Trinajstić information content (AvgIpc) is 2.89. The molecule has 0 N–H and O–H groups in total. The second-order valence-corrected chi connectivity index (χ2v) is 4.21. The molecular weight excluding hydrogens is 186 g/mol. The van der Waals surface area contributed by atoms with Crippen molar-refractivity contribution in [1.29, 1.82) is 0 Å². The first-order chi connectivity index (χ1) is 7.43. The van der Waals surface area contributed by atoms with E-state index in [9.17, 15) is 0 Å². The third-order valence-corrected chi connectivity index (χ3v) is 3.13. The lowest BCUT2D eigenvalue weighted by Gasteiger charge is -2.14. The van der Waals surface area contributed by atoms with E-state index < -0.39 is 0 Å². The molecule has 0 amide bonds. The van der Waals surface area contributed by atoms with E-state index in [0.29, 0.717) is 6.10 Å². The number of nitrogens with zero attached hydrogens (tertiary/aromatic N) is 1. The number of rotatable bonds is 2. The molecule has 78 valence electrons. The second kappa shape index (κ2) is 3.61. The molecule has 0 spiro atoms. The summed E-state index contributed by atoms with van der Waals surface area (Å²) in [5.74, 6) is 0. The van der Waals surface area contributed by atoms with Crippen molar-refractivity contribution in [2.24, 2.45) is 0 Å². The molecule has 0 aliphatic heterocycles. The zero-order valence-corrected chi connectivity index (χ0v) is 8.73. The van der Waals surface area contributed by atoms with E-state index in [1.807, 2.05) is 10.9 Å². The summed E-state index contributed by atoms with van der Waals surface area (Å²) in [5, 5.41) is 1.25. The summed E-state index contributed by atoms with van der Waals surface area (Å²) in [5.41, 5.74) is 1.17. The van der Waals surface area contributed by atoms with Crippen LogP contribution in [-0.4, -0.2) is 10.8 Å². The van der Waals surface area contributed by atoms with Crippen LogP contribution >= 0.6 is 0 Å². The molecule has 1 saturated carbocycles. The predicted octanol–water partition coefficient (Wildman–Crippen LogP) is 3.01. The van der Waals surface area contributed by atoms with Crippen molar-refractivity contribution in [3.8, 4) is 0 Å². The van der Waals surface area contributed by atoms with Crippen molar-refractivity contribution in [2.45, 2.75) is 31.8 Å². The van der Waals surface area contributed by atoms with Gasteiger partial charge in [-0.1, -0.05) is 18.2 Å². The van der Waals surface area contributed by atoms with Crippen molar-refractivity contribution in [3.05, 3.63) is 36.5 Å². The average molecular weight is 201 g/mol. The molecule has 15 heavy (non-hydrogen) atoms. The number of hydrogen-bond donors (Lipinski definition) is 0. The Morgan fingerprint density at radius 2 is 1.87 bits per heavy atom. The van der Waals surface area contributed by atoms with E-state index in [-0.39, 0.29) is 0 Å². The Balaban J connectivity index is 1.90. The molecule has 1 heterocycles. The van der Waals surface area contributed by atoms with E-state index in [0.717, 1.165) is 0 Å². The summed E-state index contributed by atoms with van der Waals surface area (Å²) in [4.78, 5) is 5.95. The van der Waals surface area contributed by atoms with Crippen molar-refractivity contribution < 1.29 is 4.84 Å². The third-order valence-electron chi connectivity index (χ3n) is 3.13. The lowest BCUT2D eigenvalue weighted by atomic mass is 10.3. The number of hydrogen-bond acceptors (Lipinski definition) is 1. The minimum atomic E-state index is 0.417. The summed E-state index contributed by atoms with van der Waals surface area (Å²) < 4.78 is 1.92. The monoisotopic (exact) mass is 201 g/mol. The van der Waals surface area contributed by atoms with Crippen LogP contribution < -0.4 is 4.84 Å². The molecular formula is C13H15NO. The first-order valence-electron chi connectivity index (χ1n) is 5.67. The first-order valence-corrected chi connectivity index (χ1v) is 5.67. The van der Waals surface area contributed by atoms with Crippen LogP contribution in [0, 0.1) is 0 Å². The fourth-order valence-corrected chi connectivity index (χ4v) is 2.30. The summed E-state index contributed by atoms with van der Waals surface area (Å²) in [6.45, 7) is 0. The maximum Gasteiger partial charge on any atom is 0.125 e. The van der Waals surface area contributed by atoms with Crippen molar-refractivity contribution in [2.75, 3.05) is 0 Å². The number of fused-ring (bicyclic) bond motifs is 1. The Morgan fingerprint density at radius 3 is 2.73 bits per heavy atom. The topological polar surface area (TPSA) is 14.2 Å². The fourth-order valence-electron chi connectivity index (χ4n) is 2.30. The highest BCUT2D eigenvalue weighted by molar-refractivity contribution is 5.79. The minimum absolute atomic E-state index is 0.417. The van der Waals surface area contributed by atoms with Crippen LogP contribution in [0.25, 0.3) is 10.9 Å². The van der Waals surface area contributed by atoms with Crippen LogP contribution in [0.4, 0.5) is 0 Å². The standard InChI is InChI=1S/C13H15NO/c1-4-8-13-11(5-1)9-10-14(13)15-12-6-2-3-7-12/h1,4-5,8-10,12H,2-3,6-7H2. The molecule has 0 bridgehead atoms. The van der Waals surface area contributed by atoms with Gasteiger partial charge < -0.3 is 4.84 Å². The van der Waals surface area contributed by atoms with Gasteiger partial charge >= 0.3 is 0 Å². The quantitative estimate of drug-likeness (QED) is 0.728. The van der Waals surface area contributed by atoms with E-state index in [4.69, 9.17) is 4.84 Å². The molecule has 1 aromatic carbocycles. The van der Waals surface area contributed by atoms with Crippen molar-refractivity contribution >= 4 is 10.9 Å². The number of benzene rings is 1. The van der Waals surface area contributed by atoms with Gasteiger partial charge in [-0.05, 0) is 37.8 Å². The van der Waals surface area contributed by atoms with Crippen molar-refractivity contribution in [3.63, 3.8) is 0 Å². The van der Waals surface area contributed by atoms with Gasteiger partial charge in [-0.2, -0.15) is 4.73 Å². The van der Waals surface area contributed by atoms with Gasteiger partial charge in [-0.15, -0.1) is 0 Å². The Labute approximate surface area is 89.4 Å². The van der Waals surface area contributed by atoms with Gasteiger partial charge in [0.2, 0.25) is 0 Å². The second-order valence-electron chi connectivity index (χ2n) is 4.21. The van der Waals surface area contributed by atoms with Crippen LogP contribution in [0.15, 0.2) is 36.5 Å². The van der Waals surface area contributed by atoms with Gasteiger partial charge in [0.25, 0.3) is 0 Å². The van der Waals surface area contributed by atoms with Gasteiger partial charge in [0.15, 0.2) is 0 Å². The Kier molecular flexibility index (Phi) is 2.13. The van der Waals surface area contributed by atoms with E-state index in [1.165, 1.54) is 36.6 Å². The normalized spacial score (nSPS) is 17.3. The highest BCUT2D eigenvalue weighted by Crippen LogP contribution is 2.21. The molecule has 0 radical (unpaired) electrons. The number of aromatic nitrogens is 1. The zero-order chi connectivity index (χ0) is 10.1. The maximum atomic E-state index is 5.95. The molecule has 1 aliphatic rings. The summed E-state index contributed by atoms with van der Waals surface area (Å²) in [6, 6.07) is 10.4. The van der Waals surface area contributed by atoms with Crippen LogP contribution in [0.5, 0.6) is 0 Å². The lowest BCUT2D eigenvalue weighted by molar-refractivity contribution is 0.0496. The van der Waals surface area contributed by atoms with E-state index in [2.05, 4.69) is 30.3 Å². The van der Waals surface area contributed by atoms with Gasteiger partial charge in [-0.25, -0.2) is 0 Å². The molecule has 1 fully saturated rings. The van der Waals surface area contributed by atoms with Crippen LogP contribution in [-0.2, 0) is 0 Å². The highest BCUT2D eigenvalue weighted by atomic mass is 16.7. The van der Waals surface area contributed by atoms with Gasteiger partial charge in [0, 0.05) is 11.6 Å². The number of para-hydroxylation sites is 1. The molecule has 1 aromatic heterocycles. The Hall–Kier alpha value is -1.44. The fraction of sp³-hybridized carbons (Fsp3) is 0.385. The molecule has 3 rings (SSSR count). The Morgan fingerprint density at radius 1 is 1.07 bits per heavy atom. The van der Waals surface area contributed by atoms with Gasteiger partial charge in [0.05, 0.1) is 5.52 Å². The molecule has 2 nitrogen and oxygen atoms in total. The smallest absolute Gasteiger partial charge is 0.125 e. The largest absolute Gasteiger partial charge is 0.411 e. The third kappa shape index (κ3) is 1.60. The van der Waals surface area contributed by atoms with E-state index >= 15 is 0 Å². The van der Waals surface area contributed by atoms with Crippen LogP contribution in [0.3, 0.4) is 0 Å². The molecule has 0 atom stereocenters. The molecule has 0 saturated heterocycles. The zero-order valence-electron chi connectivity index (χ0n) is 8.73. The lowest BCUT2D eigenvalue weighted by Crippen LogP contribution is -2.21. The molecule has 2 heteroatoms. The maximum absolute atomic E-state index is 5.95. The molecule has 0 unspecified atom stereocenters. The molecule has 1 aliphatic carbocycles. The van der Waals surface area contributed by atoms with Gasteiger partial charge in [-0.3, -0.25) is 0 Å².